The summed E-state index contributed by atoms with van der Waals surface area (Å²) in [6.07, 6.45) is 6.56. The molecule has 1 aliphatic rings. The van der Waals surface area contributed by atoms with Crippen LogP contribution in [0.3, 0.4) is 0 Å². The predicted octanol–water partition coefficient (Wildman–Crippen LogP) is 4.83. The Kier molecular flexibility index (Phi) is 6.39. The van der Waals surface area contributed by atoms with Gasteiger partial charge in [-0.25, -0.2) is 14.4 Å². The largest absolute Gasteiger partial charge is 0.356 e. The van der Waals surface area contributed by atoms with E-state index in [0.29, 0.717) is 12.3 Å². The van der Waals surface area contributed by atoms with Crippen LogP contribution < -0.4 is 0 Å². The molecule has 1 fully saturated rings. The summed E-state index contributed by atoms with van der Waals surface area (Å²) >= 11 is 0. The average Bonchev–Trinajstić information content (AvgIpc) is 3.21. The van der Waals surface area contributed by atoms with Crippen molar-refractivity contribution in [3.05, 3.63) is 65.1 Å². The van der Waals surface area contributed by atoms with Crippen LogP contribution in [0, 0.1) is 12.7 Å². The zero-order valence-electron chi connectivity index (χ0n) is 18.0. The molecule has 0 saturated carbocycles. The van der Waals surface area contributed by atoms with Crippen LogP contribution in [-0.2, 0) is 17.6 Å². The molecule has 0 N–H and O–H groups in total. The quantitative estimate of drug-likeness (QED) is 0.569. The number of hydrogen-bond donors (Lipinski definition) is 0. The number of carbonyl (C=O) groups is 1. The lowest BCUT2D eigenvalue weighted by molar-refractivity contribution is -0.134. The highest BCUT2D eigenvalue weighted by molar-refractivity contribution is 5.79. The number of halogens is 1. The summed E-state index contributed by atoms with van der Waals surface area (Å²) in [6.45, 7) is 4.64. The molecule has 0 radical (unpaired) electrons. The first-order chi connectivity index (χ1) is 15.0. The second-order valence-corrected chi connectivity index (χ2v) is 8.07. The molecule has 1 amide bonds. The molecule has 162 valence electrons. The van der Waals surface area contributed by atoms with E-state index in [9.17, 15) is 9.18 Å². The Labute approximate surface area is 181 Å². The lowest BCUT2D eigenvalue weighted by atomic mass is 9.94. The van der Waals surface area contributed by atoms with Crippen molar-refractivity contribution in [2.45, 2.75) is 58.4 Å². The summed E-state index contributed by atoms with van der Waals surface area (Å²) in [5.74, 6) is 1.11. The van der Waals surface area contributed by atoms with Gasteiger partial charge in [0.15, 0.2) is 5.76 Å². The molecule has 3 heterocycles. The van der Waals surface area contributed by atoms with E-state index < -0.39 is 0 Å². The highest BCUT2D eigenvalue weighted by atomic mass is 19.1. The van der Waals surface area contributed by atoms with Crippen LogP contribution >= 0.6 is 0 Å². The van der Waals surface area contributed by atoms with Gasteiger partial charge in [-0.3, -0.25) is 4.79 Å². The number of nitrogens with zero attached hydrogens (tertiary/aromatic N) is 4. The Morgan fingerprint density at radius 2 is 2.06 bits per heavy atom. The molecule has 4 rings (SSSR count). The fourth-order valence-corrected chi connectivity index (χ4v) is 4.10. The smallest absolute Gasteiger partial charge is 0.227 e. The monoisotopic (exact) mass is 422 g/mol. The lowest BCUT2D eigenvalue weighted by Gasteiger charge is -2.36. The number of aryl methyl sites for hydroxylation is 2. The molecule has 6 nitrogen and oxygen atoms in total. The molecule has 1 atom stereocenters. The predicted molar refractivity (Wildman–Crippen MR) is 115 cm³/mol. The second kappa shape index (κ2) is 9.37. The number of hydrogen-bond acceptors (Lipinski definition) is 5. The van der Waals surface area contributed by atoms with Gasteiger partial charge in [0.25, 0.3) is 0 Å². The first-order valence-corrected chi connectivity index (χ1v) is 10.9. The lowest BCUT2D eigenvalue weighted by Crippen LogP contribution is -2.40. The molecule has 7 heteroatoms. The van der Waals surface area contributed by atoms with Crippen molar-refractivity contribution >= 4 is 5.91 Å². The molecule has 31 heavy (non-hydrogen) atoms. The van der Waals surface area contributed by atoms with Gasteiger partial charge in [0.2, 0.25) is 5.91 Å². The zero-order valence-corrected chi connectivity index (χ0v) is 18.0. The van der Waals surface area contributed by atoms with Gasteiger partial charge >= 0.3 is 0 Å². The van der Waals surface area contributed by atoms with Crippen molar-refractivity contribution in [1.82, 2.24) is 20.0 Å². The molecule has 1 aromatic carbocycles. The van der Waals surface area contributed by atoms with E-state index in [2.05, 4.69) is 17.1 Å². The average molecular weight is 423 g/mol. The number of aromatic nitrogens is 3. The number of likely N-dealkylation sites (tertiary alicyclic amines) is 1. The molecule has 1 saturated heterocycles. The normalized spacial score (nSPS) is 16.5. The molecular formula is C24H27FN4O2. The van der Waals surface area contributed by atoms with Crippen molar-refractivity contribution in [1.29, 1.82) is 0 Å². The summed E-state index contributed by atoms with van der Waals surface area (Å²) in [7, 11) is 0. The highest BCUT2D eigenvalue weighted by Gasteiger charge is 2.32. The second-order valence-electron chi connectivity index (χ2n) is 8.07. The number of benzene rings is 1. The van der Waals surface area contributed by atoms with Crippen molar-refractivity contribution in [2.24, 2.45) is 0 Å². The van der Waals surface area contributed by atoms with E-state index in [4.69, 9.17) is 9.51 Å². The van der Waals surface area contributed by atoms with Gasteiger partial charge in [0.05, 0.1) is 29.4 Å². The summed E-state index contributed by atoms with van der Waals surface area (Å²) < 4.78 is 18.8. The topological polar surface area (TPSA) is 72.1 Å². The van der Waals surface area contributed by atoms with Gasteiger partial charge < -0.3 is 9.42 Å². The van der Waals surface area contributed by atoms with Gasteiger partial charge in [0, 0.05) is 25.2 Å². The molecule has 1 aliphatic heterocycles. The number of rotatable bonds is 6. The van der Waals surface area contributed by atoms with Gasteiger partial charge in [-0.1, -0.05) is 24.2 Å². The number of carbonyl (C=O) groups excluding carboxylic acids is 1. The maximum absolute atomic E-state index is 13.3. The molecule has 1 unspecified atom stereocenters. The minimum atomic E-state index is -0.302. The van der Waals surface area contributed by atoms with Crippen molar-refractivity contribution < 1.29 is 13.7 Å². The summed E-state index contributed by atoms with van der Waals surface area (Å²) in [5.41, 5.74) is 3.19. The maximum atomic E-state index is 13.3. The van der Waals surface area contributed by atoms with Crippen LogP contribution in [0.2, 0.25) is 0 Å². The van der Waals surface area contributed by atoms with Gasteiger partial charge in [-0.05, 0) is 50.3 Å². The van der Waals surface area contributed by atoms with Crippen LogP contribution in [0.1, 0.15) is 61.4 Å². The van der Waals surface area contributed by atoms with E-state index in [1.54, 1.807) is 18.3 Å². The zero-order chi connectivity index (χ0) is 21.8. The van der Waals surface area contributed by atoms with Gasteiger partial charge in [-0.2, -0.15) is 0 Å². The molecule has 2 aromatic heterocycles. The summed E-state index contributed by atoms with van der Waals surface area (Å²) in [4.78, 5) is 24.6. The summed E-state index contributed by atoms with van der Waals surface area (Å²) in [6, 6.07) is 7.83. The Morgan fingerprint density at radius 3 is 2.77 bits per heavy atom. The van der Waals surface area contributed by atoms with E-state index in [-0.39, 0.29) is 24.2 Å². The van der Waals surface area contributed by atoms with E-state index in [0.717, 1.165) is 60.4 Å². The van der Waals surface area contributed by atoms with Crippen LogP contribution in [0.5, 0.6) is 0 Å². The minimum Gasteiger partial charge on any atom is -0.356 e. The van der Waals surface area contributed by atoms with E-state index >= 15 is 0 Å². The molecule has 3 aromatic rings. The Morgan fingerprint density at radius 1 is 1.26 bits per heavy atom. The Bertz CT molecular complexity index is 1050. The fourth-order valence-electron chi connectivity index (χ4n) is 4.10. The number of piperidine rings is 1. The van der Waals surface area contributed by atoms with Crippen molar-refractivity contribution in [2.75, 3.05) is 6.54 Å². The van der Waals surface area contributed by atoms with Crippen molar-refractivity contribution in [3.63, 3.8) is 0 Å². The molecule has 0 aliphatic carbocycles. The Hall–Kier alpha value is -3.09. The fraction of sp³-hybridized carbons (Fsp3) is 0.417. The van der Waals surface area contributed by atoms with E-state index in [1.165, 1.54) is 12.1 Å². The minimum absolute atomic E-state index is 0.0201. The third-order valence-electron chi connectivity index (χ3n) is 5.64. The third-order valence-corrected chi connectivity index (χ3v) is 5.64. The summed E-state index contributed by atoms with van der Waals surface area (Å²) in [5, 5.41) is 4.01. The molecule has 0 spiro atoms. The highest BCUT2D eigenvalue weighted by Crippen LogP contribution is 2.36. The van der Waals surface area contributed by atoms with Crippen molar-refractivity contribution in [3.8, 4) is 11.3 Å². The first-order valence-electron chi connectivity index (χ1n) is 10.9. The maximum Gasteiger partial charge on any atom is 0.227 e. The van der Waals surface area contributed by atoms with Crippen LogP contribution in [0.4, 0.5) is 4.39 Å². The van der Waals surface area contributed by atoms with Gasteiger partial charge in [0.1, 0.15) is 11.6 Å². The molecular weight excluding hydrogens is 395 g/mol. The van der Waals surface area contributed by atoms with Crippen LogP contribution in [0.25, 0.3) is 11.3 Å². The van der Waals surface area contributed by atoms with Gasteiger partial charge in [-0.15, -0.1) is 0 Å². The molecule has 0 bridgehead atoms. The Balaban J connectivity index is 1.68. The SMILES string of the molecule is CCCc1ncc(-c2cc(C)no2)c(C2CCCCN2C(=O)Cc2ccc(F)cc2)n1. The standard InChI is InChI=1S/C24H27FN4O2/c1-3-6-22-26-15-19(21-13-16(2)28-31-21)24(27-22)20-7-4-5-12-29(20)23(30)14-17-8-10-18(25)11-9-17/h8-11,13,15,20H,3-7,12,14H2,1-2H3. The number of amides is 1. The van der Waals surface area contributed by atoms with E-state index in [1.807, 2.05) is 17.9 Å². The van der Waals surface area contributed by atoms with Crippen LogP contribution in [0.15, 0.2) is 41.1 Å². The first kappa shape index (κ1) is 21.2. The third kappa shape index (κ3) is 4.81. The van der Waals surface area contributed by atoms with Crippen LogP contribution in [-0.4, -0.2) is 32.5 Å².